The first-order valence-electron chi connectivity index (χ1n) is 5.45. The zero-order chi connectivity index (χ0) is 10.6. The molecule has 0 aromatic rings. The Labute approximate surface area is 86.0 Å². The zero-order valence-corrected chi connectivity index (χ0v) is 9.01. The lowest BCUT2D eigenvalue weighted by Crippen LogP contribution is -2.18. The summed E-state index contributed by atoms with van der Waals surface area (Å²) in [6.07, 6.45) is 8.04. The van der Waals surface area contributed by atoms with Crippen LogP contribution in [0.25, 0.3) is 0 Å². The summed E-state index contributed by atoms with van der Waals surface area (Å²) in [4.78, 5) is 10.7. The molecule has 0 amide bonds. The second-order valence-electron chi connectivity index (χ2n) is 4.81. The molecule has 0 saturated heterocycles. The molecule has 1 aliphatic rings. The van der Waals surface area contributed by atoms with Gasteiger partial charge in [0.15, 0.2) is 0 Å². The minimum absolute atomic E-state index is 0.186. The van der Waals surface area contributed by atoms with E-state index in [1.807, 2.05) is 0 Å². The van der Waals surface area contributed by atoms with Crippen LogP contribution in [-0.2, 0) is 4.79 Å². The molecule has 1 aliphatic carbocycles. The fourth-order valence-electron chi connectivity index (χ4n) is 2.35. The molecule has 0 unspecified atom stereocenters. The quantitative estimate of drug-likeness (QED) is 0.555. The number of hydrogen-bond acceptors (Lipinski definition) is 1. The van der Waals surface area contributed by atoms with Crippen LogP contribution in [0, 0.1) is 5.41 Å². The summed E-state index contributed by atoms with van der Waals surface area (Å²) >= 11 is 0. The van der Waals surface area contributed by atoms with Crippen molar-refractivity contribution in [2.45, 2.75) is 51.9 Å². The van der Waals surface area contributed by atoms with E-state index in [2.05, 4.69) is 13.5 Å². The summed E-state index contributed by atoms with van der Waals surface area (Å²) < 4.78 is 0. The van der Waals surface area contributed by atoms with Gasteiger partial charge in [0, 0.05) is 5.57 Å². The van der Waals surface area contributed by atoms with Gasteiger partial charge in [0.25, 0.3) is 0 Å². The van der Waals surface area contributed by atoms with Gasteiger partial charge in [0.2, 0.25) is 0 Å². The second-order valence-corrected chi connectivity index (χ2v) is 4.81. The van der Waals surface area contributed by atoms with Crippen LogP contribution in [-0.4, -0.2) is 11.1 Å². The summed E-state index contributed by atoms with van der Waals surface area (Å²) in [6.45, 7) is 5.83. The van der Waals surface area contributed by atoms with Gasteiger partial charge in [0.05, 0.1) is 0 Å². The normalized spacial score (nSPS) is 21.2. The van der Waals surface area contributed by atoms with E-state index in [0.29, 0.717) is 12.0 Å². The maximum Gasteiger partial charge on any atom is 0.330 e. The lowest BCUT2D eigenvalue weighted by molar-refractivity contribution is -0.133. The summed E-state index contributed by atoms with van der Waals surface area (Å²) in [5.74, 6) is -0.838. The third-order valence-electron chi connectivity index (χ3n) is 3.25. The number of carboxylic acids is 1. The van der Waals surface area contributed by atoms with E-state index in [0.717, 1.165) is 12.8 Å². The molecule has 14 heavy (non-hydrogen) atoms. The predicted molar refractivity (Wildman–Crippen MR) is 57.2 cm³/mol. The van der Waals surface area contributed by atoms with E-state index in [4.69, 9.17) is 5.11 Å². The maximum atomic E-state index is 10.7. The van der Waals surface area contributed by atoms with Crippen molar-refractivity contribution in [1.82, 2.24) is 0 Å². The van der Waals surface area contributed by atoms with Crippen LogP contribution in [0.3, 0.4) is 0 Å². The summed E-state index contributed by atoms with van der Waals surface area (Å²) in [7, 11) is 0. The van der Waals surface area contributed by atoms with E-state index in [1.54, 1.807) is 0 Å². The maximum absolute atomic E-state index is 10.7. The minimum Gasteiger partial charge on any atom is -0.478 e. The van der Waals surface area contributed by atoms with E-state index in [-0.39, 0.29) is 5.41 Å². The van der Waals surface area contributed by atoms with Gasteiger partial charge in [-0.2, -0.15) is 0 Å². The molecule has 0 heterocycles. The van der Waals surface area contributed by atoms with Crippen molar-refractivity contribution in [1.29, 1.82) is 0 Å². The van der Waals surface area contributed by atoms with Gasteiger partial charge in [-0.15, -0.1) is 0 Å². The Morgan fingerprint density at radius 1 is 1.29 bits per heavy atom. The molecule has 2 nitrogen and oxygen atoms in total. The Balaban J connectivity index is 2.54. The molecule has 0 bridgehead atoms. The highest BCUT2D eigenvalue weighted by atomic mass is 16.4. The summed E-state index contributed by atoms with van der Waals surface area (Å²) in [5.41, 5.74) is 0.556. The van der Waals surface area contributed by atoms with Crippen molar-refractivity contribution in [3.63, 3.8) is 0 Å². The van der Waals surface area contributed by atoms with Gasteiger partial charge in [0.1, 0.15) is 0 Å². The number of rotatable bonds is 3. The largest absolute Gasteiger partial charge is 0.478 e. The SMILES string of the molecule is C=C(CC1(C)CCCCCC1)C(=O)O. The van der Waals surface area contributed by atoms with Crippen molar-refractivity contribution in [2.75, 3.05) is 0 Å². The first kappa shape index (κ1) is 11.3. The van der Waals surface area contributed by atoms with Crippen LogP contribution in [0.1, 0.15) is 51.9 Å². The lowest BCUT2D eigenvalue weighted by atomic mass is 9.77. The van der Waals surface area contributed by atoms with Gasteiger partial charge >= 0.3 is 5.97 Å². The van der Waals surface area contributed by atoms with Crippen molar-refractivity contribution < 1.29 is 9.90 Å². The van der Waals surface area contributed by atoms with Crippen LogP contribution >= 0.6 is 0 Å². The van der Waals surface area contributed by atoms with Gasteiger partial charge in [-0.3, -0.25) is 0 Å². The van der Waals surface area contributed by atoms with Crippen LogP contribution in [0.2, 0.25) is 0 Å². The van der Waals surface area contributed by atoms with Crippen LogP contribution < -0.4 is 0 Å². The molecule has 0 aromatic carbocycles. The van der Waals surface area contributed by atoms with Gasteiger partial charge in [-0.25, -0.2) is 4.79 Å². The molecule has 0 atom stereocenters. The predicted octanol–water partition coefficient (Wildman–Crippen LogP) is 3.38. The first-order chi connectivity index (χ1) is 6.53. The number of hydrogen-bond donors (Lipinski definition) is 1. The summed E-state index contributed by atoms with van der Waals surface area (Å²) in [5, 5.41) is 8.80. The molecule has 1 saturated carbocycles. The summed E-state index contributed by atoms with van der Waals surface area (Å²) in [6, 6.07) is 0. The molecule has 1 fully saturated rings. The van der Waals surface area contributed by atoms with Gasteiger partial charge in [-0.1, -0.05) is 39.2 Å². The van der Waals surface area contributed by atoms with E-state index < -0.39 is 5.97 Å². The highest BCUT2D eigenvalue weighted by Gasteiger charge is 2.27. The fourth-order valence-corrected chi connectivity index (χ4v) is 2.35. The van der Waals surface area contributed by atoms with Crippen molar-refractivity contribution in [3.05, 3.63) is 12.2 Å². The van der Waals surface area contributed by atoms with Gasteiger partial charge < -0.3 is 5.11 Å². The Morgan fingerprint density at radius 3 is 2.21 bits per heavy atom. The molecular weight excluding hydrogens is 176 g/mol. The third kappa shape index (κ3) is 3.17. The van der Waals surface area contributed by atoms with E-state index in [1.165, 1.54) is 25.7 Å². The lowest BCUT2D eigenvalue weighted by Gasteiger charge is -2.27. The molecule has 80 valence electrons. The number of carbonyl (C=O) groups is 1. The molecule has 0 aliphatic heterocycles. The molecule has 0 spiro atoms. The molecule has 1 N–H and O–H groups in total. The average molecular weight is 196 g/mol. The first-order valence-corrected chi connectivity index (χ1v) is 5.45. The van der Waals surface area contributed by atoms with Crippen LogP contribution in [0.4, 0.5) is 0 Å². The topological polar surface area (TPSA) is 37.3 Å². The molecular formula is C12H20O2. The molecule has 0 radical (unpaired) electrons. The Kier molecular flexibility index (Phi) is 3.73. The van der Waals surface area contributed by atoms with E-state index in [9.17, 15) is 4.79 Å². The van der Waals surface area contributed by atoms with Crippen molar-refractivity contribution in [2.24, 2.45) is 5.41 Å². The monoisotopic (exact) mass is 196 g/mol. The average Bonchev–Trinajstić information content (AvgIpc) is 2.30. The van der Waals surface area contributed by atoms with Crippen molar-refractivity contribution in [3.8, 4) is 0 Å². The number of aliphatic carboxylic acids is 1. The fraction of sp³-hybridized carbons (Fsp3) is 0.750. The Morgan fingerprint density at radius 2 is 1.79 bits per heavy atom. The van der Waals surface area contributed by atoms with Gasteiger partial charge in [-0.05, 0) is 24.7 Å². The molecule has 2 heteroatoms. The standard InChI is InChI=1S/C12H20O2/c1-10(11(13)14)9-12(2)7-5-3-4-6-8-12/h1,3-9H2,2H3,(H,13,14). The smallest absolute Gasteiger partial charge is 0.330 e. The van der Waals surface area contributed by atoms with E-state index >= 15 is 0 Å². The molecule has 0 aromatic heterocycles. The molecule has 1 rings (SSSR count). The minimum atomic E-state index is -0.838. The highest BCUT2D eigenvalue weighted by molar-refractivity contribution is 5.85. The second kappa shape index (κ2) is 4.63. The Bertz CT molecular complexity index is 222. The third-order valence-corrected chi connectivity index (χ3v) is 3.25. The Hall–Kier alpha value is -0.790. The van der Waals surface area contributed by atoms with Crippen LogP contribution in [0.15, 0.2) is 12.2 Å². The zero-order valence-electron chi connectivity index (χ0n) is 9.01. The van der Waals surface area contributed by atoms with Crippen molar-refractivity contribution >= 4 is 5.97 Å². The van der Waals surface area contributed by atoms with Crippen LogP contribution in [0.5, 0.6) is 0 Å². The number of carboxylic acid groups (broad SMARTS) is 1. The highest BCUT2D eigenvalue weighted by Crippen LogP contribution is 2.39.